The van der Waals surface area contributed by atoms with Crippen molar-refractivity contribution < 1.29 is 28.1 Å². The molecule has 1 nitrogen and oxygen atoms in total. The quantitative estimate of drug-likeness (QED) is 0.671. The van der Waals surface area contributed by atoms with E-state index in [1.54, 1.807) is 0 Å². The fraction of sp³-hybridized carbons (Fsp3) is 1.00. The SMILES string of the molecule is COC1CCCCCC[CH]1[Hg][Cl]. The minimum absolute atomic E-state index is 0.518. The minimum atomic E-state index is -1.07. The standard InChI is InChI=1S/C9H17O.ClH.Hg/c1-10-9-7-5-3-2-4-6-8-9;;/h7,9H,2-6,8H2,1H3;1H;/q;;+1/p-1. The summed E-state index contributed by atoms with van der Waals surface area (Å²) < 4.78 is 6.32. The van der Waals surface area contributed by atoms with Crippen LogP contribution < -0.4 is 0 Å². The second-order valence-electron chi connectivity index (χ2n) is 3.68. The summed E-state index contributed by atoms with van der Waals surface area (Å²) in [5, 5.41) is 0. The summed E-state index contributed by atoms with van der Waals surface area (Å²) >= 11 is -1.07. The summed E-state index contributed by atoms with van der Waals surface area (Å²) in [6, 6.07) is 0. The van der Waals surface area contributed by atoms with E-state index < -0.39 is 23.3 Å². The molecule has 2 unspecified atom stereocenters. The van der Waals surface area contributed by atoms with Gasteiger partial charge >= 0.3 is 91.5 Å². The van der Waals surface area contributed by atoms with Gasteiger partial charge in [-0.15, -0.1) is 0 Å². The molecule has 12 heavy (non-hydrogen) atoms. The van der Waals surface area contributed by atoms with E-state index in [1.165, 1.54) is 38.5 Å². The van der Waals surface area contributed by atoms with Gasteiger partial charge in [0.05, 0.1) is 0 Å². The van der Waals surface area contributed by atoms with Gasteiger partial charge in [0.25, 0.3) is 0 Å². The van der Waals surface area contributed by atoms with Gasteiger partial charge in [-0.05, 0) is 0 Å². The predicted molar refractivity (Wildman–Crippen MR) is 48.1 cm³/mol. The molecule has 0 aliphatic heterocycles. The van der Waals surface area contributed by atoms with E-state index in [4.69, 9.17) is 13.0 Å². The van der Waals surface area contributed by atoms with Crippen LogP contribution in [0.15, 0.2) is 0 Å². The molecule has 0 radical (unpaired) electrons. The molecule has 1 aliphatic rings. The Morgan fingerprint density at radius 1 is 1.17 bits per heavy atom. The molecule has 0 aromatic heterocycles. The molecule has 0 bridgehead atoms. The summed E-state index contributed by atoms with van der Waals surface area (Å²) in [6.45, 7) is 0. The molecule has 3 heteroatoms. The van der Waals surface area contributed by atoms with E-state index in [1.807, 2.05) is 7.11 Å². The average Bonchev–Trinajstić information content (AvgIpc) is 2.05. The van der Waals surface area contributed by atoms with Crippen LogP contribution >= 0.6 is 8.25 Å². The van der Waals surface area contributed by atoms with Crippen LogP contribution in [0.3, 0.4) is 0 Å². The number of rotatable bonds is 2. The first-order valence-electron chi connectivity index (χ1n) is 4.97. The Bertz CT molecular complexity index is 107. The second kappa shape index (κ2) is 6.61. The first kappa shape index (κ1) is 11.3. The van der Waals surface area contributed by atoms with Crippen molar-refractivity contribution in [1.82, 2.24) is 0 Å². The number of methoxy groups -OCH3 is 1. The van der Waals surface area contributed by atoms with Gasteiger partial charge in [-0.25, -0.2) is 0 Å². The normalized spacial score (nSPS) is 31.8. The maximum absolute atomic E-state index is 6.12. The molecule has 0 aromatic rings. The van der Waals surface area contributed by atoms with Crippen LogP contribution in [0, 0.1) is 0 Å². The first-order valence-corrected chi connectivity index (χ1v) is 14.9. The van der Waals surface area contributed by atoms with E-state index in [0.717, 1.165) is 3.43 Å². The molecule has 0 aromatic carbocycles. The molecule has 1 fully saturated rings. The molecule has 0 N–H and O–H groups in total. The van der Waals surface area contributed by atoms with E-state index >= 15 is 0 Å². The fourth-order valence-electron chi connectivity index (χ4n) is 2.01. The van der Waals surface area contributed by atoms with Gasteiger partial charge in [0, 0.05) is 0 Å². The van der Waals surface area contributed by atoms with Crippen molar-refractivity contribution in [3.8, 4) is 0 Å². The van der Waals surface area contributed by atoms with Gasteiger partial charge in [0.2, 0.25) is 0 Å². The van der Waals surface area contributed by atoms with Gasteiger partial charge in [0.15, 0.2) is 0 Å². The van der Waals surface area contributed by atoms with Crippen molar-refractivity contribution in [3.05, 3.63) is 0 Å². The number of halogens is 1. The zero-order valence-corrected chi connectivity index (χ0v) is 14.1. The Hall–Kier alpha value is 1.19. The maximum atomic E-state index is 6.12. The predicted octanol–water partition coefficient (Wildman–Crippen LogP) is 3.38. The summed E-state index contributed by atoms with van der Waals surface area (Å²) in [4.78, 5) is 0. The van der Waals surface area contributed by atoms with Crippen LogP contribution in [-0.2, 0) is 28.1 Å². The number of hydrogen-bond donors (Lipinski definition) is 0. The molecule has 0 spiro atoms. The van der Waals surface area contributed by atoms with Gasteiger partial charge in [-0.3, -0.25) is 0 Å². The molecule has 1 aliphatic carbocycles. The summed E-state index contributed by atoms with van der Waals surface area (Å²) in [7, 11) is 7.97. The van der Waals surface area contributed by atoms with Crippen molar-refractivity contribution in [2.24, 2.45) is 0 Å². The molecule has 0 amide bonds. The molecule has 0 saturated heterocycles. The first-order chi connectivity index (χ1) is 5.88. The third-order valence-corrected chi connectivity index (χ3v) is 11.5. The van der Waals surface area contributed by atoms with Crippen LogP contribution in [0.2, 0.25) is 3.43 Å². The van der Waals surface area contributed by atoms with Gasteiger partial charge in [-0.2, -0.15) is 0 Å². The van der Waals surface area contributed by atoms with Gasteiger partial charge in [-0.1, -0.05) is 0 Å². The monoisotopic (exact) mass is 378 g/mol. The van der Waals surface area contributed by atoms with E-state index in [-0.39, 0.29) is 0 Å². The summed E-state index contributed by atoms with van der Waals surface area (Å²) in [5.41, 5.74) is 0. The Labute approximate surface area is 91.1 Å². The van der Waals surface area contributed by atoms with Crippen LogP contribution in [0.4, 0.5) is 0 Å². The van der Waals surface area contributed by atoms with Gasteiger partial charge < -0.3 is 0 Å². The van der Waals surface area contributed by atoms with E-state index in [9.17, 15) is 0 Å². The van der Waals surface area contributed by atoms with Crippen molar-refractivity contribution in [2.45, 2.75) is 48.1 Å². The van der Waals surface area contributed by atoms with Crippen LogP contribution in [0.1, 0.15) is 38.5 Å². The average molecular weight is 377 g/mol. The van der Waals surface area contributed by atoms with Crippen molar-refractivity contribution >= 4 is 8.25 Å². The molecule has 0 heterocycles. The molecular weight excluding hydrogens is 360 g/mol. The van der Waals surface area contributed by atoms with Crippen molar-refractivity contribution in [2.75, 3.05) is 7.11 Å². The number of ether oxygens (including phenoxy) is 1. The molecule has 1 rings (SSSR count). The zero-order chi connectivity index (χ0) is 8.81. The molecular formula is C9H17ClHgO. The zero-order valence-electron chi connectivity index (χ0n) is 7.89. The Kier molecular flexibility index (Phi) is 6.20. The van der Waals surface area contributed by atoms with Gasteiger partial charge in [0.1, 0.15) is 0 Å². The van der Waals surface area contributed by atoms with Crippen molar-refractivity contribution in [3.63, 3.8) is 0 Å². The number of hydrogen-bond acceptors (Lipinski definition) is 1. The van der Waals surface area contributed by atoms with E-state index in [2.05, 4.69) is 0 Å². The summed E-state index contributed by atoms with van der Waals surface area (Å²) in [6.07, 6.45) is 8.67. The topological polar surface area (TPSA) is 9.23 Å². The Morgan fingerprint density at radius 2 is 1.83 bits per heavy atom. The molecule has 68 valence electrons. The summed E-state index contributed by atoms with van der Waals surface area (Å²) in [5.74, 6) is 0. The Morgan fingerprint density at radius 3 is 2.42 bits per heavy atom. The molecule has 2 atom stereocenters. The van der Waals surface area contributed by atoms with Crippen molar-refractivity contribution in [1.29, 1.82) is 0 Å². The fourth-order valence-corrected chi connectivity index (χ4v) is 9.27. The third kappa shape index (κ3) is 3.51. The second-order valence-corrected chi connectivity index (χ2v) is 11.7. The van der Waals surface area contributed by atoms with Crippen LogP contribution in [-0.4, -0.2) is 13.2 Å². The van der Waals surface area contributed by atoms with Crippen LogP contribution in [0.5, 0.6) is 0 Å². The van der Waals surface area contributed by atoms with E-state index in [0.29, 0.717) is 6.10 Å². The Balaban J connectivity index is 2.39. The van der Waals surface area contributed by atoms with Crippen LogP contribution in [0.25, 0.3) is 0 Å². The third-order valence-electron chi connectivity index (χ3n) is 2.84. The molecule has 1 saturated carbocycles.